The molecule has 0 aliphatic carbocycles. The maximum atomic E-state index is 12.9. The fraction of sp³-hybridized carbons (Fsp3) is 0.125. The summed E-state index contributed by atoms with van der Waals surface area (Å²) in [4.78, 5) is 24.8. The van der Waals surface area contributed by atoms with E-state index in [9.17, 15) is 14.9 Å². The van der Waals surface area contributed by atoms with Gasteiger partial charge in [0.2, 0.25) is 0 Å². The summed E-state index contributed by atoms with van der Waals surface area (Å²) in [5.74, 6) is -0.683. The number of carbonyl (C=O) groups is 2. The molecule has 0 fully saturated rings. The number of anilines is 1. The van der Waals surface area contributed by atoms with Gasteiger partial charge in [-0.05, 0) is 48.4 Å². The van der Waals surface area contributed by atoms with Crippen molar-refractivity contribution in [3.63, 3.8) is 0 Å². The number of carbonyl (C=O) groups excluding carboxylic acids is 2. The molecule has 0 radical (unpaired) electrons. The first-order valence-electron chi connectivity index (χ1n) is 9.31. The van der Waals surface area contributed by atoms with Gasteiger partial charge in [0.25, 0.3) is 5.91 Å². The molecule has 5 heteroatoms. The zero-order valence-electron chi connectivity index (χ0n) is 16.0. The number of amides is 1. The predicted molar refractivity (Wildman–Crippen MR) is 112 cm³/mol. The van der Waals surface area contributed by atoms with Gasteiger partial charge in [-0.25, -0.2) is 4.79 Å². The summed E-state index contributed by atoms with van der Waals surface area (Å²) in [5.41, 5.74) is 3.34. The van der Waals surface area contributed by atoms with E-state index in [0.717, 1.165) is 6.42 Å². The van der Waals surface area contributed by atoms with Crippen molar-refractivity contribution in [1.29, 1.82) is 5.26 Å². The molecule has 1 amide bonds. The van der Waals surface area contributed by atoms with E-state index in [0.29, 0.717) is 40.1 Å². The van der Waals surface area contributed by atoms with Crippen molar-refractivity contribution in [3.05, 3.63) is 89.5 Å². The number of hydrogen-bond acceptors (Lipinski definition) is 4. The SMILES string of the molecule is CCCOC(=O)c1ccc(NC(=O)c2ccccc2-c2ccccc2C#N)cc1. The third-order valence-corrected chi connectivity index (χ3v) is 4.33. The Bertz CT molecular complexity index is 1070. The number of hydrogen-bond donors (Lipinski definition) is 1. The molecular weight excluding hydrogens is 364 g/mol. The Morgan fingerprint density at radius 2 is 1.59 bits per heavy atom. The number of nitrogens with one attached hydrogen (secondary N) is 1. The average molecular weight is 384 g/mol. The summed E-state index contributed by atoms with van der Waals surface area (Å²) in [6.07, 6.45) is 0.758. The highest BCUT2D eigenvalue weighted by atomic mass is 16.5. The van der Waals surface area contributed by atoms with E-state index in [4.69, 9.17) is 4.74 Å². The molecule has 0 aliphatic heterocycles. The molecule has 3 aromatic rings. The van der Waals surface area contributed by atoms with Crippen molar-refractivity contribution in [1.82, 2.24) is 0 Å². The van der Waals surface area contributed by atoms with E-state index in [1.54, 1.807) is 48.5 Å². The summed E-state index contributed by atoms with van der Waals surface area (Å²) in [6, 6.07) is 23.0. The largest absolute Gasteiger partial charge is 0.462 e. The first-order valence-corrected chi connectivity index (χ1v) is 9.31. The van der Waals surface area contributed by atoms with Crippen LogP contribution < -0.4 is 5.32 Å². The van der Waals surface area contributed by atoms with Gasteiger partial charge in [0.05, 0.1) is 23.8 Å². The molecule has 0 heterocycles. The molecule has 0 spiro atoms. The standard InChI is InChI=1S/C24H20N2O3/c1-2-15-29-24(28)17-11-13-19(14-12-17)26-23(27)22-10-6-5-9-21(22)20-8-4-3-7-18(20)16-25/h3-14H,2,15H2,1H3,(H,26,27). The highest BCUT2D eigenvalue weighted by Gasteiger charge is 2.15. The second-order valence-corrected chi connectivity index (χ2v) is 6.37. The van der Waals surface area contributed by atoms with Crippen LogP contribution in [0.1, 0.15) is 39.6 Å². The van der Waals surface area contributed by atoms with Gasteiger partial charge in [-0.3, -0.25) is 4.79 Å². The lowest BCUT2D eigenvalue weighted by Gasteiger charge is -2.12. The summed E-state index contributed by atoms with van der Waals surface area (Å²) >= 11 is 0. The topological polar surface area (TPSA) is 79.2 Å². The predicted octanol–water partition coefficient (Wildman–Crippen LogP) is 5.04. The first kappa shape index (κ1) is 19.8. The van der Waals surface area contributed by atoms with Gasteiger partial charge in [0.15, 0.2) is 0 Å². The molecule has 3 rings (SSSR count). The Hall–Kier alpha value is -3.91. The molecule has 0 aliphatic rings. The van der Waals surface area contributed by atoms with E-state index >= 15 is 0 Å². The van der Waals surface area contributed by atoms with Gasteiger partial charge < -0.3 is 10.1 Å². The third kappa shape index (κ3) is 4.69. The average Bonchev–Trinajstić information content (AvgIpc) is 2.77. The summed E-state index contributed by atoms with van der Waals surface area (Å²) in [6.45, 7) is 2.30. The zero-order valence-corrected chi connectivity index (χ0v) is 16.0. The van der Waals surface area contributed by atoms with Crippen LogP contribution in [0, 0.1) is 11.3 Å². The molecule has 0 atom stereocenters. The third-order valence-electron chi connectivity index (χ3n) is 4.33. The van der Waals surface area contributed by atoms with Crippen LogP contribution in [0.15, 0.2) is 72.8 Å². The molecule has 0 saturated heterocycles. The van der Waals surface area contributed by atoms with Crippen LogP contribution in [0.4, 0.5) is 5.69 Å². The fourth-order valence-corrected chi connectivity index (χ4v) is 2.90. The summed E-state index contributed by atoms with van der Waals surface area (Å²) in [5, 5.41) is 12.2. The van der Waals surface area contributed by atoms with Crippen molar-refractivity contribution >= 4 is 17.6 Å². The van der Waals surface area contributed by atoms with E-state index in [1.807, 2.05) is 31.2 Å². The van der Waals surface area contributed by atoms with Crippen LogP contribution in [-0.2, 0) is 4.74 Å². The molecule has 0 bridgehead atoms. The number of benzene rings is 3. The van der Waals surface area contributed by atoms with Crippen molar-refractivity contribution < 1.29 is 14.3 Å². The van der Waals surface area contributed by atoms with E-state index in [2.05, 4.69) is 11.4 Å². The summed E-state index contributed by atoms with van der Waals surface area (Å²) in [7, 11) is 0. The summed E-state index contributed by atoms with van der Waals surface area (Å²) < 4.78 is 5.10. The van der Waals surface area contributed by atoms with Crippen LogP contribution in [0.2, 0.25) is 0 Å². The molecule has 5 nitrogen and oxygen atoms in total. The lowest BCUT2D eigenvalue weighted by atomic mass is 9.95. The molecule has 29 heavy (non-hydrogen) atoms. The maximum Gasteiger partial charge on any atom is 0.338 e. The van der Waals surface area contributed by atoms with Gasteiger partial charge in [-0.1, -0.05) is 43.3 Å². The Labute approximate surface area is 169 Å². The van der Waals surface area contributed by atoms with Crippen LogP contribution >= 0.6 is 0 Å². The van der Waals surface area contributed by atoms with Crippen LogP contribution in [-0.4, -0.2) is 18.5 Å². The Morgan fingerprint density at radius 3 is 2.28 bits per heavy atom. The highest BCUT2D eigenvalue weighted by Crippen LogP contribution is 2.27. The highest BCUT2D eigenvalue weighted by molar-refractivity contribution is 6.09. The maximum absolute atomic E-state index is 12.9. The normalized spacial score (nSPS) is 10.1. The van der Waals surface area contributed by atoms with Crippen LogP contribution in [0.3, 0.4) is 0 Å². The monoisotopic (exact) mass is 384 g/mol. The molecule has 1 N–H and O–H groups in total. The van der Waals surface area contributed by atoms with Gasteiger partial charge in [0, 0.05) is 16.8 Å². The van der Waals surface area contributed by atoms with Crippen molar-refractivity contribution in [2.45, 2.75) is 13.3 Å². The smallest absolute Gasteiger partial charge is 0.338 e. The molecule has 144 valence electrons. The van der Waals surface area contributed by atoms with Gasteiger partial charge >= 0.3 is 5.97 Å². The number of nitrogens with zero attached hydrogens (tertiary/aromatic N) is 1. The number of rotatable bonds is 6. The van der Waals surface area contributed by atoms with E-state index in [1.165, 1.54) is 0 Å². The Kier molecular flexibility index (Phi) is 6.39. The zero-order chi connectivity index (χ0) is 20.6. The minimum Gasteiger partial charge on any atom is -0.462 e. The van der Waals surface area contributed by atoms with Crippen molar-refractivity contribution in [2.75, 3.05) is 11.9 Å². The van der Waals surface area contributed by atoms with Crippen LogP contribution in [0.5, 0.6) is 0 Å². The Balaban J connectivity index is 1.82. The molecule has 0 saturated carbocycles. The lowest BCUT2D eigenvalue weighted by Crippen LogP contribution is -2.13. The van der Waals surface area contributed by atoms with Crippen LogP contribution in [0.25, 0.3) is 11.1 Å². The quantitative estimate of drug-likeness (QED) is 0.604. The Morgan fingerprint density at radius 1 is 0.931 bits per heavy atom. The van der Waals surface area contributed by atoms with E-state index < -0.39 is 0 Å². The minimum atomic E-state index is -0.386. The van der Waals surface area contributed by atoms with Gasteiger partial charge in [-0.2, -0.15) is 5.26 Å². The van der Waals surface area contributed by atoms with Crippen molar-refractivity contribution in [2.24, 2.45) is 0 Å². The number of esters is 1. The van der Waals surface area contributed by atoms with Gasteiger partial charge in [0.1, 0.15) is 0 Å². The van der Waals surface area contributed by atoms with Gasteiger partial charge in [-0.15, -0.1) is 0 Å². The fourth-order valence-electron chi connectivity index (χ4n) is 2.90. The van der Waals surface area contributed by atoms with E-state index in [-0.39, 0.29) is 11.9 Å². The molecule has 0 unspecified atom stereocenters. The molecule has 3 aromatic carbocycles. The lowest BCUT2D eigenvalue weighted by molar-refractivity contribution is 0.0505. The number of nitriles is 1. The second kappa shape index (κ2) is 9.34. The number of ether oxygens (including phenoxy) is 1. The molecule has 0 aromatic heterocycles. The molecular formula is C24H20N2O3. The first-order chi connectivity index (χ1) is 14.1. The van der Waals surface area contributed by atoms with Crippen molar-refractivity contribution in [3.8, 4) is 17.2 Å². The second-order valence-electron chi connectivity index (χ2n) is 6.37. The minimum absolute atomic E-state index is 0.297.